The molecule has 0 unspecified atom stereocenters. The van der Waals surface area contributed by atoms with Crippen molar-refractivity contribution < 1.29 is 27.3 Å². The molecule has 1 N–H and O–H groups in total. The van der Waals surface area contributed by atoms with E-state index in [-0.39, 0.29) is 28.9 Å². The maximum Gasteiger partial charge on any atom is 0.269 e. The molecule has 0 heterocycles. The molecule has 0 bridgehead atoms. The Morgan fingerprint density at radius 3 is 2.08 bits per heavy atom. The van der Waals surface area contributed by atoms with Crippen molar-refractivity contribution in [3.63, 3.8) is 0 Å². The van der Waals surface area contributed by atoms with Gasteiger partial charge in [0, 0.05) is 24.7 Å². The number of rotatable bonds is 11. The molecule has 0 fully saturated rings. The fourth-order valence-corrected chi connectivity index (χ4v) is 5.20. The number of nitro benzene ring substituents is 1. The van der Waals surface area contributed by atoms with Gasteiger partial charge in [-0.05, 0) is 62.7 Å². The number of hydrogen-bond acceptors (Lipinski definition) is 6. The van der Waals surface area contributed by atoms with Crippen LogP contribution in [0.5, 0.6) is 0 Å². The van der Waals surface area contributed by atoms with Crippen molar-refractivity contribution in [2.75, 3.05) is 10.8 Å². The van der Waals surface area contributed by atoms with Gasteiger partial charge in [0.15, 0.2) is 0 Å². The lowest BCUT2D eigenvalue weighted by atomic mass is 10.1. The van der Waals surface area contributed by atoms with E-state index in [0.29, 0.717) is 5.56 Å². The number of anilines is 1. The summed E-state index contributed by atoms with van der Waals surface area (Å²) in [6.07, 6.45) is 0. The third kappa shape index (κ3) is 7.38. The normalized spacial score (nSPS) is 12.0. The summed E-state index contributed by atoms with van der Waals surface area (Å²) in [6, 6.07) is 16.4. The maximum absolute atomic E-state index is 13.7. The van der Waals surface area contributed by atoms with Crippen molar-refractivity contribution in [2.24, 2.45) is 0 Å². The van der Waals surface area contributed by atoms with Gasteiger partial charge in [0.1, 0.15) is 18.4 Å². The highest BCUT2D eigenvalue weighted by Gasteiger charge is 2.32. The minimum Gasteiger partial charge on any atom is -0.352 e. The fourth-order valence-electron chi connectivity index (χ4n) is 3.76. The predicted octanol–water partition coefficient (Wildman–Crippen LogP) is 3.87. The number of nitro groups is 1. The first-order valence-corrected chi connectivity index (χ1v) is 13.5. The van der Waals surface area contributed by atoms with Gasteiger partial charge < -0.3 is 10.2 Å². The van der Waals surface area contributed by atoms with E-state index in [1.54, 1.807) is 19.9 Å². The molecule has 10 nitrogen and oxygen atoms in total. The van der Waals surface area contributed by atoms with E-state index in [4.69, 9.17) is 0 Å². The molecule has 0 radical (unpaired) electrons. The smallest absolute Gasteiger partial charge is 0.269 e. The van der Waals surface area contributed by atoms with E-state index in [0.717, 1.165) is 16.4 Å². The number of benzene rings is 3. The zero-order valence-corrected chi connectivity index (χ0v) is 22.5. The minimum absolute atomic E-state index is 0.0267. The monoisotopic (exact) mass is 556 g/mol. The van der Waals surface area contributed by atoms with E-state index in [2.05, 4.69) is 5.32 Å². The molecule has 0 saturated carbocycles. The number of hydrogen-bond donors (Lipinski definition) is 1. The van der Waals surface area contributed by atoms with Gasteiger partial charge in [-0.1, -0.05) is 30.3 Å². The SMILES string of the molecule is CC(C)NC(=O)[C@H](C)N(Cc1ccc(F)cc1)C(=O)CN(c1ccc([N+](=O)[O-])cc1)S(=O)(=O)c1ccccc1. The van der Waals surface area contributed by atoms with Gasteiger partial charge in [-0.2, -0.15) is 0 Å². The molecule has 2 amide bonds. The van der Waals surface area contributed by atoms with Gasteiger partial charge in [0.25, 0.3) is 15.7 Å². The van der Waals surface area contributed by atoms with Crippen LogP contribution >= 0.6 is 0 Å². The fraction of sp³-hybridized carbons (Fsp3) is 0.259. The van der Waals surface area contributed by atoms with Crippen LogP contribution in [0.1, 0.15) is 26.3 Å². The van der Waals surface area contributed by atoms with E-state index < -0.39 is 45.2 Å². The average molecular weight is 557 g/mol. The Morgan fingerprint density at radius 2 is 1.54 bits per heavy atom. The van der Waals surface area contributed by atoms with Crippen molar-refractivity contribution in [3.05, 3.63) is 100 Å². The number of nitrogens with zero attached hydrogens (tertiary/aromatic N) is 3. The summed E-state index contributed by atoms with van der Waals surface area (Å²) in [4.78, 5) is 38.2. The Labute approximate surface area is 226 Å². The quantitative estimate of drug-likeness (QED) is 0.282. The van der Waals surface area contributed by atoms with E-state index in [9.17, 15) is 32.5 Å². The highest BCUT2D eigenvalue weighted by Crippen LogP contribution is 2.26. The largest absolute Gasteiger partial charge is 0.352 e. The topological polar surface area (TPSA) is 130 Å². The molecule has 0 aromatic heterocycles. The molecule has 12 heteroatoms. The number of halogens is 1. The summed E-state index contributed by atoms with van der Waals surface area (Å²) in [5.74, 6) is -1.63. The molecular formula is C27H29FN4O6S. The zero-order valence-electron chi connectivity index (χ0n) is 21.7. The van der Waals surface area contributed by atoms with Gasteiger partial charge in [-0.3, -0.25) is 24.0 Å². The van der Waals surface area contributed by atoms with Crippen LogP contribution in [0.4, 0.5) is 15.8 Å². The average Bonchev–Trinajstić information content (AvgIpc) is 2.91. The molecule has 3 aromatic rings. The lowest BCUT2D eigenvalue weighted by Crippen LogP contribution is -2.52. The lowest BCUT2D eigenvalue weighted by Gasteiger charge is -2.32. The molecule has 0 spiro atoms. The van der Waals surface area contributed by atoms with Gasteiger partial charge in [-0.15, -0.1) is 0 Å². The molecular weight excluding hydrogens is 527 g/mol. The number of non-ortho nitro benzene ring substituents is 1. The Morgan fingerprint density at radius 1 is 0.949 bits per heavy atom. The highest BCUT2D eigenvalue weighted by molar-refractivity contribution is 7.92. The van der Waals surface area contributed by atoms with Crippen LogP contribution in [0.2, 0.25) is 0 Å². The number of carbonyl (C=O) groups is 2. The molecule has 206 valence electrons. The zero-order chi connectivity index (χ0) is 28.7. The predicted molar refractivity (Wildman–Crippen MR) is 144 cm³/mol. The standard InChI is InChI=1S/C27H29FN4O6S/c1-19(2)29-27(34)20(3)30(17-21-9-11-22(28)12-10-21)26(33)18-31(23-13-15-24(16-14-23)32(35)36)39(37,38)25-7-5-4-6-8-25/h4-16,19-20H,17-18H2,1-3H3,(H,29,34)/t20-/m0/s1. The summed E-state index contributed by atoms with van der Waals surface area (Å²) in [6.45, 7) is 4.25. The van der Waals surface area contributed by atoms with Crippen LogP contribution < -0.4 is 9.62 Å². The molecule has 3 rings (SSSR count). The van der Waals surface area contributed by atoms with Crippen LogP contribution in [0.15, 0.2) is 83.8 Å². The maximum atomic E-state index is 13.7. The van der Waals surface area contributed by atoms with Gasteiger partial charge in [0.2, 0.25) is 11.8 Å². The first-order valence-electron chi connectivity index (χ1n) is 12.1. The van der Waals surface area contributed by atoms with Crippen molar-refractivity contribution in [1.29, 1.82) is 0 Å². The molecule has 0 aliphatic rings. The third-order valence-corrected chi connectivity index (χ3v) is 7.61. The van der Waals surface area contributed by atoms with Crippen LogP contribution in [0, 0.1) is 15.9 Å². The second kappa shape index (κ2) is 12.5. The van der Waals surface area contributed by atoms with Crippen molar-refractivity contribution in [2.45, 2.75) is 44.3 Å². The summed E-state index contributed by atoms with van der Waals surface area (Å²) < 4.78 is 41.6. The molecule has 1 atom stereocenters. The number of amides is 2. The Kier molecular flexibility index (Phi) is 9.36. The van der Waals surface area contributed by atoms with Crippen molar-refractivity contribution in [3.8, 4) is 0 Å². The summed E-state index contributed by atoms with van der Waals surface area (Å²) in [5, 5.41) is 13.9. The second-order valence-corrected chi connectivity index (χ2v) is 10.9. The van der Waals surface area contributed by atoms with E-state index in [1.807, 2.05) is 0 Å². The molecule has 0 saturated heterocycles. The van der Waals surface area contributed by atoms with Crippen LogP contribution in [-0.2, 0) is 26.2 Å². The summed E-state index contributed by atoms with van der Waals surface area (Å²) in [5.41, 5.74) is 0.305. The number of sulfonamides is 1. The van der Waals surface area contributed by atoms with E-state index >= 15 is 0 Å². The van der Waals surface area contributed by atoms with Crippen LogP contribution in [0.25, 0.3) is 0 Å². The van der Waals surface area contributed by atoms with Gasteiger partial charge >= 0.3 is 0 Å². The van der Waals surface area contributed by atoms with Gasteiger partial charge in [0.05, 0.1) is 15.5 Å². The molecule has 3 aromatic carbocycles. The third-order valence-electron chi connectivity index (χ3n) is 5.82. The van der Waals surface area contributed by atoms with Gasteiger partial charge in [-0.25, -0.2) is 12.8 Å². The Balaban J connectivity index is 2.03. The van der Waals surface area contributed by atoms with E-state index in [1.165, 1.54) is 72.5 Å². The lowest BCUT2D eigenvalue weighted by molar-refractivity contribution is -0.384. The molecule has 0 aliphatic carbocycles. The second-order valence-electron chi connectivity index (χ2n) is 9.09. The van der Waals surface area contributed by atoms with Crippen molar-refractivity contribution in [1.82, 2.24) is 10.2 Å². The van der Waals surface area contributed by atoms with Crippen LogP contribution in [-0.4, -0.2) is 48.7 Å². The minimum atomic E-state index is -4.29. The number of carbonyl (C=O) groups excluding carboxylic acids is 2. The molecule has 0 aliphatic heterocycles. The first kappa shape index (κ1) is 29.2. The Bertz CT molecular complexity index is 1410. The van der Waals surface area contributed by atoms with Crippen LogP contribution in [0.3, 0.4) is 0 Å². The summed E-state index contributed by atoms with van der Waals surface area (Å²) in [7, 11) is -4.29. The highest BCUT2D eigenvalue weighted by atomic mass is 32.2. The van der Waals surface area contributed by atoms with Crippen molar-refractivity contribution >= 4 is 33.2 Å². The molecule has 39 heavy (non-hydrogen) atoms. The number of nitrogens with one attached hydrogen (secondary N) is 1. The summed E-state index contributed by atoms with van der Waals surface area (Å²) >= 11 is 0. The first-order chi connectivity index (χ1) is 18.4. The Hall–Kier alpha value is -4.32.